The molecular weight excluding hydrogens is 444 g/mol. The van der Waals surface area contributed by atoms with Crippen LogP contribution in [-0.4, -0.2) is 36.5 Å². The quantitative estimate of drug-likeness (QED) is 0.399. The summed E-state index contributed by atoms with van der Waals surface area (Å²) in [5.74, 6) is 1.13. The Labute approximate surface area is 209 Å². The molecule has 194 valence electrons. The molecule has 5 unspecified atom stereocenters. The van der Waals surface area contributed by atoms with Crippen molar-refractivity contribution in [3.8, 4) is 0 Å². The van der Waals surface area contributed by atoms with E-state index >= 15 is 0 Å². The number of carbonyl (C=O) groups excluding carboxylic acids is 2. The monoisotopic (exact) mass is 486 g/mol. The number of hydrogen-bond donors (Lipinski definition) is 2. The minimum atomic E-state index is -0.577. The van der Waals surface area contributed by atoms with E-state index < -0.39 is 11.6 Å². The van der Waals surface area contributed by atoms with Crippen molar-refractivity contribution in [1.29, 1.82) is 5.41 Å². The van der Waals surface area contributed by atoms with E-state index in [1.807, 2.05) is 13.8 Å². The molecule has 0 radical (unpaired) electrons. The van der Waals surface area contributed by atoms with Crippen LogP contribution < -0.4 is 5.32 Å². The molecule has 35 heavy (non-hydrogen) atoms. The van der Waals surface area contributed by atoms with Gasteiger partial charge in [-0.3, -0.25) is 9.59 Å². The summed E-state index contributed by atoms with van der Waals surface area (Å²) in [5, 5.41) is 10.3. The summed E-state index contributed by atoms with van der Waals surface area (Å²) in [6.45, 7) is 8.62. The van der Waals surface area contributed by atoms with Crippen molar-refractivity contribution in [2.75, 3.05) is 7.05 Å². The first-order valence-corrected chi connectivity index (χ1v) is 13.2. The van der Waals surface area contributed by atoms with Crippen molar-refractivity contribution in [2.24, 2.45) is 23.7 Å². The number of hydrogen-bond acceptors (Lipinski definition) is 6. The predicted octanol–water partition coefficient (Wildman–Crippen LogP) is 5.93. The number of ether oxygens (including phenoxy) is 1. The third kappa shape index (κ3) is 5.84. The second-order valence-electron chi connectivity index (χ2n) is 10.3. The zero-order chi connectivity index (χ0) is 25.6. The third-order valence-electron chi connectivity index (χ3n) is 7.83. The molecule has 1 heterocycles. The first kappa shape index (κ1) is 27.5. The number of rotatable bonds is 2. The summed E-state index contributed by atoms with van der Waals surface area (Å²) >= 11 is 0. The largest absolute Gasteiger partial charge is 0.355 e. The van der Waals surface area contributed by atoms with Crippen molar-refractivity contribution in [3.63, 3.8) is 0 Å². The Morgan fingerprint density at radius 3 is 2.40 bits per heavy atom. The van der Waals surface area contributed by atoms with Crippen LogP contribution in [0.4, 0.5) is 0 Å². The molecule has 1 aromatic rings. The standard InChI is InChI=1S/C17H27NO3.C9H9NO2.C2H6/c1-11-7-13-9-12(2)17(14(8-11)10-13)19-16(20-21-17)5-3-15(18)4-6-16;1-10-9(12)8-5-3-2-4-7(8)6-11;1-2/h11-14,18H,3-10H2,1-2H3;2-6H,1H3,(H,10,12);1-2H3. The molecule has 7 heteroatoms. The first-order valence-electron chi connectivity index (χ1n) is 13.2. The summed E-state index contributed by atoms with van der Waals surface area (Å²) in [6, 6.07) is 6.66. The van der Waals surface area contributed by atoms with Gasteiger partial charge in [-0.2, -0.15) is 9.78 Å². The minimum absolute atomic E-state index is 0.238. The minimum Gasteiger partial charge on any atom is -0.355 e. The van der Waals surface area contributed by atoms with Gasteiger partial charge >= 0.3 is 0 Å². The molecule has 1 amide bonds. The van der Waals surface area contributed by atoms with Crippen molar-refractivity contribution >= 4 is 17.9 Å². The maximum absolute atomic E-state index is 11.1. The van der Waals surface area contributed by atoms with Gasteiger partial charge in [-0.05, 0) is 56.4 Å². The highest BCUT2D eigenvalue weighted by Crippen LogP contribution is 2.57. The molecule has 3 saturated carbocycles. The molecule has 7 nitrogen and oxygen atoms in total. The zero-order valence-electron chi connectivity index (χ0n) is 21.9. The number of nitrogens with one attached hydrogen (secondary N) is 2. The lowest BCUT2D eigenvalue weighted by molar-refractivity contribution is -0.379. The number of fused-ring (bicyclic) bond motifs is 3. The summed E-state index contributed by atoms with van der Waals surface area (Å²) in [4.78, 5) is 33.4. The number of benzene rings is 1. The molecule has 1 saturated heterocycles. The van der Waals surface area contributed by atoms with Gasteiger partial charge in [0.1, 0.15) is 0 Å². The topological polar surface area (TPSA) is 97.7 Å². The third-order valence-corrected chi connectivity index (χ3v) is 7.83. The van der Waals surface area contributed by atoms with E-state index in [9.17, 15) is 9.59 Å². The van der Waals surface area contributed by atoms with Crippen molar-refractivity contribution in [2.45, 2.75) is 90.6 Å². The van der Waals surface area contributed by atoms with Crippen LogP contribution in [0.3, 0.4) is 0 Å². The lowest BCUT2D eigenvalue weighted by Crippen LogP contribution is -2.54. The van der Waals surface area contributed by atoms with Crippen LogP contribution >= 0.6 is 0 Å². The van der Waals surface area contributed by atoms with Gasteiger partial charge < -0.3 is 15.5 Å². The fraction of sp³-hybridized carbons (Fsp3) is 0.679. The maximum atomic E-state index is 11.1. The molecule has 5 rings (SSSR count). The number of aldehydes is 1. The molecule has 4 fully saturated rings. The Hall–Kier alpha value is -2.09. The van der Waals surface area contributed by atoms with Crippen LogP contribution in [0.5, 0.6) is 0 Å². The van der Waals surface area contributed by atoms with Crippen LogP contribution in [0.1, 0.15) is 99.8 Å². The van der Waals surface area contributed by atoms with Crippen LogP contribution in [-0.2, 0) is 14.5 Å². The fourth-order valence-electron chi connectivity index (χ4n) is 6.19. The Balaban J connectivity index is 0.000000210. The van der Waals surface area contributed by atoms with Crippen LogP contribution in [0, 0.1) is 29.1 Å². The molecule has 2 bridgehead atoms. The second-order valence-corrected chi connectivity index (χ2v) is 10.3. The van der Waals surface area contributed by atoms with Crippen LogP contribution in [0.25, 0.3) is 0 Å². The average molecular weight is 487 g/mol. The molecule has 3 aliphatic carbocycles. The molecule has 1 aromatic carbocycles. The highest BCUT2D eigenvalue weighted by Gasteiger charge is 2.62. The van der Waals surface area contributed by atoms with E-state index in [1.165, 1.54) is 32.7 Å². The maximum Gasteiger partial charge on any atom is 0.251 e. The van der Waals surface area contributed by atoms with Gasteiger partial charge in [0, 0.05) is 48.6 Å². The Morgan fingerprint density at radius 2 is 1.74 bits per heavy atom. The average Bonchev–Trinajstić information content (AvgIpc) is 3.26. The van der Waals surface area contributed by atoms with Gasteiger partial charge in [-0.1, -0.05) is 45.9 Å². The normalized spacial score (nSPS) is 35.4. The summed E-state index contributed by atoms with van der Waals surface area (Å²) in [5.41, 5.74) is 1.64. The molecule has 0 aromatic heterocycles. The smallest absolute Gasteiger partial charge is 0.251 e. The zero-order valence-corrected chi connectivity index (χ0v) is 21.9. The van der Waals surface area contributed by atoms with E-state index in [0.717, 1.165) is 43.2 Å². The highest BCUT2D eigenvalue weighted by atomic mass is 17.3. The van der Waals surface area contributed by atoms with Crippen molar-refractivity contribution in [1.82, 2.24) is 5.32 Å². The Kier molecular flexibility index (Phi) is 9.24. The predicted molar refractivity (Wildman–Crippen MR) is 135 cm³/mol. The van der Waals surface area contributed by atoms with Gasteiger partial charge in [0.15, 0.2) is 6.29 Å². The summed E-state index contributed by atoms with van der Waals surface area (Å²) in [6.07, 6.45) is 8.73. The lowest BCUT2D eigenvalue weighted by atomic mass is 9.62. The van der Waals surface area contributed by atoms with E-state index in [4.69, 9.17) is 19.9 Å². The molecule has 5 atom stereocenters. The lowest BCUT2D eigenvalue weighted by Gasteiger charge is -2.50. The Morgan fingerprint density at radius 1 is 1.06 bits per heavy atom. The number of amides is 1. The molecule has 1 aliphatic heterocycles. The van der Waals surface area contributed by atoms with E-state index in [0.29, 0.717) is 29.2 Å². The van der Waals surface area contributed by atoms with Gasteiger partial charge in [0.25, 0.3) is 5.91 Å². The van der Waals surface area contributed by atoms with E-state index in [-0.39, 0.29) is 5.91 Å². The van der Waals surface area contributed by atoms with Gasteiger partial charge in [0.05, 0.1) is 0 Å². The van der Waals surface area contributed by atoms with Crippen molar-refractivity contribution < 1.29 is 24.1 Å². The molecular formula is C28H42N2O5. The van der Waals surface area contributed by atoms with Crippen LogP contribution in [0.15, 0.2) is 24.3 Å². The van der Waals surface area contributed by atoms with E-state index in [1.54, 1.807) is 24.3 Å². The second kappa shape index (κ2) is 11.8. The van der Waals surface area contributed by atoms with E-state index in [2.05, 4.69) is 19.2 Å². The van der Waals surface area contributed by atoms with Gasteiger partial charge in [-0.25, -0.2) is 0 Å². The first-order chi connectivity index (χ1) is 16.8. The fourth-order valence-corrected chi connectivity index (χ4v) is 6.19. The van der Waals surface area contributed by atoms with Crippen molar-refractivity contribution in [3.05, 3.63) is 35.4 Å². The molecule has 4 aliphatic rings. The molecule has 2 N–H and O–H groups in total. The SMILES string of the molecule is CC.CC1CC2CC(C)C3(OOC4(CCC(=N)CC4)O3)C(C1)C2.CNC(=O)c1ccccc1C=O. The van der Waals surface area contributed by atoms with Crippen LogP contribution in [0.2, 0.25) is 0 Å². The molecule has 2 spiro atoms. The Bertz CT molecular complexity index is 889. The number of carbonyl (C=O) groups is 2. The summed E-state index contributed by atoms with van der Waals surface area (Å²) in [7, 11) is 1.53. The van der Waals surface area contributed by atoms with Gasteiger partial charge in [0.2, 0.25) is 11.6 Å². The summed E-state index contributed by atoms with van der Waals surface area (Å²) < 4.78 is 6.57. The highest BCUT2D eigenvalue weighted by molar-refractivity contribution is 6.01. The van der Waals surface area contributed by atoms with Gasteiger partial charge in [-0.15, -0.1) is 0 Å².